The van der Waals surface area contributed by atoms with Gasteiger partial charge in [-0.2, -0.15) is 0 Å². The summed E-state index contributed by atoms with van der Waals surface area (Å²) in [5.41, 5.74) is 0.575. The Morgan fingerprint density at radius 1 is 0.935 bits per heavy atom. The molecule has 4 rings (SSSR count). The Bertz CT molecular complexity index is 1280. The highest BCUT2D eigenvalue weighted by Gasteiger charge is 2.12. The number of hydrogen-bond donors (Lipinski definition) is 0. The van der Waals surface area contributed by atoms with Gasteiger partial charge in [0.15, 0.2) is 12.4 Å². The molecule has 0 saturated carbocycles. The molecule has 3 aromatic carbocycles. The van der Waals surface area contributed by atoms with Crippen molar-refractivity contribution in [2.75, 3.05) is 13.7 Å². The zero-order valence-electron chi connectivity index (χ0n) is 16.5. The van der Waals surface area contributed by atoms with Crippen LogP contribution < -0.4 is 19.6 Å². The minimum atomic E-state index is -0.311. The van der Waals surface area contributed by atoms with Crippen LogP contribution in [-0.4, -0.2) is 19.5 Å². The lowest BCUT2D eigenvalue weighted by molar-refractivity contribution is 0.0921. The maximum Gasteiger partial charge on any atom is 0.235 e. The van der Waals surface area contributed by atoms with Crippen LogP contribution in [0.5, 0.6) is 23.0 Å². The molecule has 1 aromatic heterocycles. The van der Waals surface area contributed by atoms with E-state index in [1.807, 2.05) is 0 Å². The maximum absolute atomic E-state index is 12.7. The average Bonchev–Trinajstić information content (AvgIpc) is 2.80. The summed E-state index contributed by atoms with van der Waals surface area (Å²) in [5.74, 6) is 1.50. The molecule has 0 N–H and O–H groups in total. The lowest BCUT2D eigenvalue weighted by atomic mass is 10.1. The maximum atomic E-state index is 12.7. The lowest BCUT2D eigenvalue weighted by Gasteiger charge is -2.08. The van der Waals surface area contributed by atoms with Crippen molar-refractivity contribution in [3.05, 3.63) is 93.3 Å². The van der Waals surface area contributed by atoms with Gasteiger partial charge in [-0.3, -0.25) is 9.59 Å². The molecular formula is C24H17BrO6. The first-order valence-electron chi connectivity index (χ1n) is 9.32. The van der Waals surface area contributed by atoms with Crippen LogP contribution in [0.3, 0.4) is 0 Å². The Morgan fingerprint density at radius 2 is 1.61 bits per heavy atom. The predicted octanol–water partition coefficient (Wildman–Crippen LogP) is 5.62. The largest absolute Gasteiger partial charge is 0.497 e. The van der Waals surface area contributed by atoms with Crippen LogP contribution in [0.1, 0.15) is 10.4 Å². The number of ether oxygens (including phenoxy) is 3. The van der Waals surface area contributed by atoms with E-state index in [1.165, 1.54) is 6.26 Å². The normalized spacial score (nSPS) is 10.6. The number of halogens is 1. The zero-order valence-corrected chi connectivity index (χ0v) is 18.0. The molecule has 0 fully saturated rings. The minimum absolute atomic E-state index is 0.0664. The van der Waals surface area contributed by atoms with E-state index in [1.54, 1.807) is 73.8 Å². The number of Topliss-reactive ketones (excluding diaryl/α,β-unsaturated/α-hetero) is 1. The third kappa shape index (κ3) is 4.78. The molecule has 0 spiro atoms. The van der Waals surface area contributed by atoms with Crippen molar-refractivity contribution < 1.29 is 23.4 Å². The monoisotopic (exact) mass is 480 g/mol. The second kappa shape index (κ2) is 9.06. The quantitative estimate of drug-likeness (QED) is 0.319. The molecule has 0 amide bonds. The second-order valence-electron chi connectivity index (χ2n) is 6.58. The highest BCUT2D eigenvalue weighted by molar-refractivity contribution is 9.10. The second-order valence-corrected chi connectivity index (χ2v) is 7.50. The summed E-state index contributed by atoms with van der Waals surface area (Å²) in [6, 6.07) is 18.7. The molecular weight excluding hydrogens is 464 g/mol. The highest BCUT2D eigenvalue weighted by atomic mass is 79.9. The highest BCUT2D eigenvalue weighted by Crippen LogP contribution is 2.25. The standard InChI is InChI=1S/C24H17BrO6/c1-28-17-6-8-18(9-7-17)31-23-14-30-22-12-19(10-11-20(22)24(23)27)29-13-21(26)15-2-4-16(25)5-3-15/h2-12,14H,13H2,1H3. The van der Waals surface area contributed by atoms with Crippen LogP contribution in [0.15, 0.2) is 86.7 Å². The van der Waals surface area contributed by atoms with Crippen molar-refractivity contribution in [2.45, 2.75) is 0 Å². The van der Waals surface area contributed by atoms with Crippen LogP contribution in [0, 0.1) is 0 Å². The van der Waals surface area contributed by atoms with Gasteiger partial charge in [0.2, 0.25) is 11.2 Å². The Kier molecular flexibility index (Phi) is 6.04. The molecule has 7 heteroatoms. The van der Waals surface area contributed by atoms with Gasteiger partial charge in [-0.25, -0.2) is 0 Å². The van der Waals surface area contributed by atoms with Gasteiger partial charge in [0.1, 0.15) is 29.1 Å². The third-order valence-electron chi connectivity index (χ3n) is 4.54. The molecule has 1 heterocycles. The van der Waals surface area contributed by atoms with Crippen molar-refractivity contribution >= 4 is 32.7 Å². The Hall–Kier alpha value is -3.58. The summed E-state index contributed by atoms with van der Waals surface area (Å²) in [6.45, 7) is -0.129. The lowest BCUT2D eigenvalue weighted by Crippen LogP contribution is -2.11. The minimum Gasteiger partial charge on any atom is -0.497 e. The molecule has 0 bridgehead atoms. The van der Waals surface area contributed by atoms with E-state index in [-0.39, 0.29) is 23.6 Å². The summed E-state index contributed by atoms with van der Waals surface area (Å²) in [5, 5.41) is 0.345. The van der Waals surface area contributed by atoms with Crippen molar-refractivity contribution in [3.63, 3.8) is 0 Å². The van der Waals surface area contributed by atoms with Crippen molar-refractivity contribution in [3.8, 4) is 23.0 Å². The van der Waals surface area contributed by atoms with Crippen molar-refractivity contribution in [1.29, 1.82) is 0 Å². The average molecular weight is 481 g/mol. The number of methoxy groups -OCH3 is 1. The third-order valence-corrected chi connectivity index (χ3v) is 5.07. The fourth-order valence-corrected chi connectivity index (χ4v) is 3.15. The van der Waals surface area contributed by atoms with Gasteiger partial charge < -0.3 is 18.6 Å². The van der Waals surface area contributed by atoms with E-state index in [0.717, 1.165) is 4.47 Å². The molecule has 6 nitrogen and oxygen atoms in total. The summed E-state index contributed by atoms with van der Waals surface area (Å²) < 4.78 is 22.8. The first kappa shape index (κ1) is 20.7. The van der Waals surface area contributed by atoms with E-state index >= 15 is 0 Å². The van der Waals surface area contributed by atoms with E-state index in [2.05, 4.69) is 15.9 Å². The van der Waals surface area contributed by atoms with Gasteiger partial charge in [-0.05, 0) is 48.5 Å². The van der Waals surface area contributed by atoms with Crippen molar-refractivity contribution in [2.24, 2.45) is 0 Å². The smallest absolute Gasteiger partial charge is 0.235 e. The van der Waals surface area contributed by atoms with Crippen LogP contribution in [0.2, 0.25) is 0 Å². The molecule has 0 saturated heterocycles. The van der Waals surface area contributed by atoms with Gasteiger partial charge >= 0.3 is 0 Å². The van der Waals surface area contributed by atoms with E-state index in [4.69, 9.17) is 18.6 Å². The topological polar surface area (TPSA) is 75.0 Å². The number of hydrogen-bond acceptors (Lipinski definition) is 6. The van der Waals surface area contributed by atoms with E-state index in [0.29, 0.717) is 33.8 Å². The molecule has 156 valence electrons. The van der Waals surface area contributed by atoms with Crippen LogP contribution in [0.4, 0.5) is 0 Å². The fraction of sp³-hybridized carbons (Fsp3) is 0.0833. The first-order chi connectivity index (χ1) is 15.0. The summed E-state index contributed by atoms with van der Waals surface area (Å²) in [6.07, 6.45) is 1.26. The Morgan fingerprint density at radius 3 is 2.32 bits per heavy atom. The summed E-state index contributed by atoms with van der Waals surface area (Å²) in [7, 11) is 1.57. The summed E-state index contributed by atoms with van der Waals surface area (Å²) >= 11 is 3.34. The number of rotatable bonds is 7. The summed E-state index contributed by atoms with van der Waals surface area (Å²) in [4.78, 5) is 25.0. The predicted molar refractivity (Wildman–Crippen MR) is 120 cm³/mol. The Balaban J connectivity index is 1.49. The van der Waals surface area contributed by atoms with Crippen LogP contribution in [-0.2, 0) is 0 Å². The van der Waals surface area contributed by atoms with Gasteiger partial charge in [-0.1, -0.05) is 28.1 Å². The molecule has 0 atom stereocenters. The van der Waals surface area contributed by atoms with Crippen LogP contribution >= 0.6 is 15.9 Å². The zero-order chi connectivity index (χ0) is 21.8. The number of fused-ring (bicyclic) bond motifs is 1. The molecule has 31 heavy (non-hydrogen) atoms. The van der Waals surface area contributed by atoms with E-state index in [9.17, 15) is 9.59 Å². The molecule has 0 aliphatic rings. The molecule has 4 aromatic rings. The van der Waals surface area contributed by atoms with Gasteiger partial charge in [-0.15, -0.1) is 0 Å². The number of carbonyl (C=O) groups is 1. The molecule has 0 unspecified atom stereocenters. The number of benzene rings is 3. The number of carbonyl (C=O) groups excluding carboxylic acids is 1. The van der Waals surface area contributed by atoms with Gasteiger partial charge in [0, 0.05) is 16.1 Å². The van der Waals surface area contributed by atoms with Crippen molar-refractivity contribution in [1.82, 2.24) is 0 Å². The van der Waals surface area contributed by atoms with E-state index < -0.39 is 0 Å². The molecule has 0 radical (unpaired) electrons. The first-order valence-corrected chi connectivity index (χ1v) is 10.1. The Labute approximate surface area is 186 Å². The van der Waals surface area contributed by atoms with Gasteiger partial charge in [0.25, 0.3) is 0 Å². The number of ketones is 1. The molecule has 0 aliphatic carbocycles. The fourth-order valence-electron chi connectivity index (χ4n) is 2.89. The van der Waals surface area contributed by atoms with Gasteiger partial charge in [0.05, 0.1) is 12.5 Å². The SMILES string of the molecule is COc1ccc(Oc2coc3cc(OCC(=O)c4ccc(Br)cc4)ccc3c2=O)cc1. The molecule has 0 aliphatic heterocycles. The van der Waals surface area contributed by atoms with Crippen LogP contribution in [0.25, 0.3) is 11.0 Å².